The average Bonchev–Trinajstić information content (AvgIpc) is 3.01. The number of rotatable bonds is 4. The third kappa shape index (κ3) is 3.63. The Morgan fingerprint density at radius 2 is 1.74 bits per heavy atom. The summed E-state index contributed by atoms with van der Waals surface area (Å²) < 4.78 is 47.1. The van der Waals surface area contributed by atoms with E-state index in [0.717, 1.165) is 0 Å². The van der Waals surface area contributed by atoms with Gasteiger partial charge in [0.2, 0.25) is 0 Å². The summed E-state index contributed by atoms with van der Waals surface area (Å²) in [6.07, 6.45) is -2.31. The van der Waals surface area contributed by atoms with Crippen LogP contribution in [0.3, 0.4) is 0 Å². The molecule has 0 amide bonds. The maximum absolute atomic E-state index is 12.2. The van der Waals surface area contributed by atoms with Gasteiger partial charge in [0.15, 0.2) is 28.9 Å². The van der Waals surface area contributed by atoms with Gasteiger partial charge in [0.05, 0.1) is 11.9 Å². The molecule has 3 rings (SSSR count). The standard InChI is InChI=1S/C15H26O7S/c1-8(2)23(16)22-11-10(9-7-17-14(3,4)19-9)18-13-12(11)20-15(5,6)21-13/h8-13H,7H2,1-6H3/t9-,10+,11-,12+,13+,23+/m0/s1. The zero-order chi connectivity index (χ0) is 17.0. The van der Waals surface area contributed by atoms with Crippen LogP contribution in [0, 0.1) is 0 Å². The molecule has 0 radical (unpaired) electrons. The Bertz CT molecular complexity index is 478. The lowest BCUT2D eigenvalue weighted by molar-refractivity contribution is -0.230. The van der Waals surface area contributed by atoms with Gasteiger partial charge in [0.1, 0.15) is 24.4 Å². The van der Waals surface area contributed by atoms with Crippen molar-refractivity contribution < 1.29 is 32.1 Å². The lowest BCUT2D eigenvalue weighted by Crippen LogP contribution is -2.45. The van der Waals surface area contributed by atoms with Crippen LogP contribution >= 0.6 is 0 Å². The maximum Gasteiger partial charge on any atom is 0.190 e. The van der Waals surface area contributed by atoms with Gasteiger partial charge in [-0.3, -0.25) is 4.18 Å². The first-order valence-electron chi connectivity index (χ1n) is 7.98. The minimum atomic E-state index is -1.45. The van der Waals surface area contributed by atoms with Crippen LogP contribution in [0.4, 0.5) is 0 Å². The van der Waals surface area contributed by atoms with E-state index in [1.54, 1.807) is 0 Å². The molecule has 0 aromatic rings. The highest BCUT2D eigenvalue weighted by Gasteiger charge is 2.59. The summed E-state index contributed by atoms with van der Waals surface area (Å²) in [5, 5.41) is -0.123. The van der Waals surface area contributed by atoms with Crippen molar-refractivity contribution in [2.45, 2.75) is 89.1 Å². The van der Waals surface area contributed by atoms with E-state index in [1.165, 1.54) is 0 Å². The molecule has 3 aliphatic heterocycles. The summed E-state index contributed by atoms with van der Waals surface area (Å²) >= 11 is -1.45. The highest BCUT2D eigenvalue weighted by atomic mass is 32.2. The Labute approximate surface area is 139 Å². The maximum atomic E-state index is 12.2. The van der Waals surface area contributed by atoms with Crippen LogP contribution in [-0.4, -0.2) is 58.3 Å². The predicted molar refractivity (Wildman–Crippen MR) is 81.8 cm³/mol. The van der Waals surface area contributed by atoms with E-state index >= 15 is 0 Å². The second-order valence-corrected chi connectivity index (χ2v) is 8.96. The molecule has 134 valence electrons. The van der Waals surface area contributed by atoms with E-state index in [2.05, 4.69) is 0 Å². The van der Waals surface area contributed by atoms with E-state index in [1.807, 2.05) is 41.5 Å². The molecule has 7 nitrogen and oxygen atoms in total. The molecule has 3 saturated heterocycles. The molecule has 0 bridgehead atoms. The Hall–Kier alpha value is -0.0900. The fourth-order valence-corrected chi connectivity index (χ4v) is 3.67. The summed E-state index contributed by atoms with van der Waals surface area (Å²) in [5.41, 5.74) is 0. The summed E-state index contributed by atoms with van der Waals surface area (Å²) in [6, 6.07) is 0. The van der Waals surface area contributed by atoms with Crippen molar-refractivity contribution in [3.63, 3.8) is 0 Å². The van der Waals surface area contributed by atoms with Crippen molar-refractivity contribution in [2.75, 3.05) is 6.61 Å². The van der Waals surface area contributed by atoms with E-state index in [-0.39, 0.29) is 11.4 Å². The molecule has 0 N–H and O–H groups in total. The zero-order valence-corrected chi connectivity index (χ0v) is 15.3. The Morgan fingerprint density at radius 1 is 1.04 bits per heavy atom. The Morgan fingerprint density at radius 3 is 2.30 bits per heavy atom. The number of ether oxygens (including phenoxy) is 5. The Kier molecular flexibility index (Phi) is 4.63. The van der Waals surface area contributed by atoms with Crippen molar-refractivity contribution in [2.24, 2.45) is 0 Å². The van der Waals surface area contributed by atoms with Gasteiger partial charge in [-0.15, -0.1) is 0 Å². The van der Waals surface area contributed by atoms with Crippen molar-refractivity contribution in [3.05, 3.63) is 0 Å². The first-order chi connectivity index (χ1) is 10.6. The lowest BCUT2D eigenvalue weighted by atomic mass is 10.1. The molecule has 0 aromatic carbocycles. The van der Waals surface area contributed by atoms with E-state index in [4.69, 9.17) is 27.9 Å². The van der Waals surface area contributed by atoms with Crippen LogP contribution in [0.1, 0.15) is 41.5 Å². The fraction of sp³-hybridized carbons (Fsp3) is 1.00. The van der Waals surface area contributed by atoms with Crippen LogP contribution in [0.2, 0.25) is 0 Å². The zero-order valence-electron chi connectivity index (χ0n) is 14.4. The van der Waals surface area contributed by atoms with Gasteiger partial charge >= 0.3 is 0 Å². The van der Waals surface area contributed by atoms with Crippen LogP contribution < -0.4 is 0 Å². The molecular weight excluding hydrogens is 324 g/mol. The highest BCUT2D eigenvalue weighted by Crippen LogP contribution is 2.42. The molecule has 6 atom stereocenters. The molecule has 8 heteroatoms. The van der Waals surface area contributed by atoms with E-state index in [0.29, 0.717) is 6.61 Å². The van der Waals surface area contributed by atoms with Crippen molar-refractivity contribution in [1.29, 1.82) is 0 Å². The van der Waals surface area contributed by atoms with Gasteiger partial charge in [0.25, 0.3) is 0 Å². The molecule has 0 aliphatic carbocycles. The van der Waals surface area contributed by atoms with Gasteiger partial charge in [0, 0.05) is 0 Å². The smallest absolute Gasteiger partial charge is 0.190 e. The molecule has 0 spiro atoms. The first kappa shape index (κ1) is 17.7. The molecule has 0 saturated carbocycles. The first-order valence-corrected chi connectivity index (χ1v) is 9.12. The largest absolute Gasteiger partial charge is 0.348 e. The van der Waals surface area contributed by atoms with Gasteiger partial charge in [-0.05, 0) is 41.5 Å². The molecule has 3 heterocycles. The number of hydrogen-bond donors (Lipinski definition) is 0. The monoisotopic (exact) mass is 350 g/mol. The topological polar surface area (TPSA) is 72.5 Å². The van der Waals surface area contributed by atoms with Gasteiger partial charge < -0.3 is 23.7 Å². The van der Waals surface area contributed by atoms with Crippen molar-refractivity contribution in [3.8, 4) is 0 Å². The summed E-state index contributed by atoms with van der Waals surface area (Å²) in [7, 11) is 0. The third-order valence-electron chi connectivity index (χ3n) is 4.01. The summed E-state index contributed by atoms with van der Waals surface area (Å²) in [4.78, 5) is 0. The third-order valence-corrected chi connectivity index (χ3v) is 5.20. The SMILES string of the molecule is CC(C)[S@](=O)O[C@@H]1[C@H]2OC(C)(C)O[C@H]2O[C@@H]1[C@@H]1COC(C)(C)O1. The van der Waals surface area contributed by atoms with Gasteiger partial charge in [-0.25, -0.2) is 4.21 Å². The molecule has 0 aromatic heterocycles. The fourth-order valence-electron chi connectivity index (χ4n) is 3.01. The van der Waals surface area contributed by atoms with Crippen LogP contribution in [0.25, 0.3) is 0 Å². The summed E-state index contributed by atoms with van der Waals surface area (Å²) in [6.45, 7) is 11.4. The van der Waals surface area contributed by atoms with Gasteiger partial charge in [-0.1, -0.05) is 0 Å². The average molecular weight is 350 g/mol. The minimum absolute atomic E-state index is 0.123. The van der Waals surface area contributed by atoms with Crippen LogP contribution in [-0.2, 0) is 38.9 Å². The number of fused-ring (bicyclic) bond motifs is 1. The molecule has 3 aliphatic rings. The van der Waals surface area contributed by atoms with Crippen molar-refractivity contribution in [1.82, 2.24) is 0 Å². The molecule has 0 unspecified atom stereocenters. The summed E-state index contributed by atoms with van der Waals surface area (Å²) in [5.74, 6) is -1.43. The van der Waals surface area contributed by atoms with Crippen molar-refractivity contribution >= 4 is 11.1 Å². The van der Waals surface area contributed by atoms with Crippen LogP contribution in [0.15, 0.2) is 0 Å². The van der Waals surface area contributed by atoms with Crippen LogP contribution in [0.5, 0.6) is 0 Å². The highest BCUT2D eigenvalue weighted by molar-refractivity contribution is 7.80. The van der Waals surface area contributed by atoms with E-state index in [9.17, 15) is 4.21 Å². The quantitative estimate of drug-likeness (QED) is 0.760. The predicted octanol–water partition coefficient (Wildman–Crippen LogP) is 1.47. The lowest BCUT2D eigenvalue weighted by Gasteiger charge is -2.28. The molecular formula is C15H26O7S. The minimum Gasteiger partial charge on any atom is -0.348 e. The second-order valence-electron chi connectivity index (χ2n) is 7.31. The normalized spacial score (nSPS) is 43.0. The Balaban J connectivity index is 1.77. The number of hydrogen-bond acceptors (Lipinski definition) is 7. The van der Waals surface area contributed by atoms with Gasteiger partial charge in [-0.2, -0.15) is 0 Å². The van der Waals surface area contributed by atoms with E-state index < -0.39 is 47.3 Å². The molecule has 23 heavy (non-hydrogen) atoms. The molecule has 3 fully saturated rings. The second kappa shape index (κ2) is 6.01.